The first-order valence-electron chi connectivity index (χ1n) is 9.18. The predicted molar refractivity (Wildman–Crippen MR) is 133 cm³/mol. The fourth-order valence-corrected chi connectivity index (χ4v) is 5.73. The molecule has 0 saturated carbocycles. The summed E-state index contributed by atoms with van der Waals surface area (Å²) in [7, 11) is -1.66. The number of guanidine groups is 1. The van der Waals surface area contributed by atoms with Crippen LogP contribution in [-0.2, 0) is 23.0 Å². The first-order valence-corrected chi connectivity index (χ1v) is 11.8. The first-order chi connectivity index (χ1) is 13.4. The minimum atomic E-state index is -3.38. The van der Waals surface area contributed by atoms with Crippen LogP contribution in [0.2, 0.25) is 5.02 Å². The number of halogens is 2. The molecule has 2 rings (SSSR count). The van der Waals surface area contributed by atoms with Gasteiger partial charge in [0.25, 0.3) is 10.0 Å². The minimum absolute atomic E-state index is 0. The van der Waals surface area contributed by atoms with Gasteiger partial charge in [-0.15, -0.1) is 35.3 Å². The van der Waals surface area contributed by atoms with Gasteiger partial charge in [0.15, 0.2) is 5.96 Å². The summed E-state index contributed by atoms with van der Waals surface area (Å²) in [6.45, 7) is 5.95. The van der Waals surface area contributed by atoms with Crippen molar-refractivity contribution in [1.82, 2.24) is 14.9 Å². The molecule has 0 aliphatic rings. The van der Waals surface area contributed by atoms with Crippen molar-refractivity contribution in [1.29, 1.82) is 0 Å². The summed E-state index contributed by atoms with van der Waals surface area (Å²) in [4.78, 5) is 5.23. The highest BCUT2D eigenvalue weighted by atomic mass is 127. The van der Waals surface area contributed by atoms with Crippen LogP contribution in [0.3, 0.4) is 0 Å². The average Bonchev–Trinajstić information content (AvgIpc) is 3.16. The lowest BCUT2D eigenvalue weighted by atomic mass is 10.2. The van der Waals surface area contributed by atoms with Gasteiger partial charge in [-0.25, -0.2) is 8.42 Å². The molecule has 6 nitrogen and oxygen atoms in total. The Balaban J connectivity index is 0.00000420. The summed E-state index contributed by atoms with van der Waals surface area (Å²) in [5.41, 5.74) is 1.11. The van der Waals surface area contributed by atoms with E-state index >= 15 is 0 Å². The molecule has 0 spiro atoms. The molecule has 0 atom stereocenters. The number of hydrogen-bond donors (Lipinski definition) is 2. The minimum Gasteiger partial charge on any atom is -0.356 e. The van der Waals surface area contributed by atoms with Gasteiger partial charge < -0.3 is 10.6 Å². The van der Waals surface area contributed by atoms with Crippen LogP contribution in [0.1, 0.15) is 24.3 Å². The Morgan fingerprint density at radius 2 is 1.76 bits per heavy atom. The third-order valence-electron chi connectivity index (χ3n) is 4.20. The van der Waals surface area contributed by atoms with Crippen LogP contribution >= 0.6 is 46.9 Å². The van der Waals surface area contributed by atoms with Crippen LogP contribution in [0.15, 0.2) is 45.6 Å². The number of rotatable bonds is 9. The van der Waals surface area contributed by atoms with Crippen molar-refractivity contribution < 1.29 is 8.42 Å². The van der Waals surface area contributed by atoms with Crippen LogP contribution in [0.5, 0.6) is 0 Å². The van der Waals surface area contributed by atoms with Crippen LogP contribution in [0, 0.1) is 0 Å². The molecule has 0 aliphatic heterocycles. The highest BCUT2D eigenvalue weighted by Crippen LogP contribution is 2.25. The van der Waals surface area contributed by atoms with Crippen molar-refractivity contribution >= 4 is 62.9 Å². The molecule has 2 aromatic rings. The van der Waals surface area contributed by atoms with Gasteiger partial charge in [-0.3, -0.25) is 4.99 Å². The van der Waals surface area contributed by atoms with Crippen LogP contribution < -0.4 is 10.6 Å². The third kappa shape index (κ3) is 7.71. The number of hydrogen-bond acceptors (Lipinski definition) is 4. The van der Waals surface area contributed by atoms with Crippen LogP contribution in [-0.4, -0.2) is 45.4 Å². The first kappa shape index (κ1) is 26.2. The molecule has 0 amide bonds. The lowest BCUT2D eigenvalue weighted by molar-refractivity contribution is 0.447. The monoisotopic (exact) mass is 570 g/mol. The van der Waals surface area contributed by atoms with Crippen molar-refractivity contribution in [2.75, 3.05) is 26.7 Å². The van der Waals surface area contributed by atoms with E-state index in [9.17, 15) is 8.42 Å². The van der Waals surface area contributed by atoms with Crippen molar-refractivity contribution in [3.8, 4) is 0 Å². The standard InChI is InChI=1S/C19H27ClN4O2S2.HI/c1-4-24(5-2)28(25,26)18-11-10-17(27-18)12-13-22-19(21-3)23-14-15-6-8-16(20)9-7-15;/h6-11H,4-5,12-14H2,1-3H3,(H2,21,22,23);1H. The molecule has 0 fully saturated rings. The predicted octanol–water partition coefficient (Wildman–Crippen LogP) is 3.96. The molecule has 0 bridgehead atoms. The zero-order chi connectivity index (χ0) is 20.6. The Bertz CT molecular complexity index is 882. The number of thiophene rings is 1. The van der Waals surface area contributed by atoms with Gasteiger partial charge >= 0.3 is 0 Å². The summed E-state index contributed by atoms with van der Waals surface area (Å²) < 4.78 is 27.0. The molecular formula is C19H28ClIN4O2S2. The summed E-state index contributed by atoms with van der Waals surface area (Å²) in [6.07, 6.45) is 0.722. The van der Waals surface area contributed by atoms with Crippen molar-refractivity contribution in [3.63, 3.8) is 0 Å². The van der Waals surface area contributed by atoms with Crippen LogP contribution in [0.4, 0.5) is 0 Å². The van der Waals surface area contributed by atoms with Gasteiger partial charge in [-0.1, -0.05) is 37.6 Å². The van der Waals surface area contributed by atoms with E-state index in [1.807, 2.05) is 44.2 Å². The molecule has 1 aromatic heterocycles. The molecule has 0 aliphatic carbocycles. The second kappa shape index (κ2) is 12.7. The Morgan fingerprint density at radius 3 is 2.34 bits per heavy atom. The zero-order valence-corrected chi connectivity index (χ0v) is 21.5. The Kier molecular flexibility index (Phi) is 11.5. The molecule has 10 heteroatoms. The highest BCUT2D eigenvalue weighted by Gasteiger charge is 2.23. The molecule has 1 heterocycles. The zero-order valence-electron chi connectivity index (χ0n) is 16.8. The third-order valence-corrected chi connectivity index (χ3v) is 8.11. The Morgan fingerprint density at radius 1 is 1.10 bits per heavy atom. The van der Waals surface area contributed by atoms with Gasteiger partial charge in [0.1, 0.15) is 4.21 Å². The molecular weight excluding hydrogens is 543 g/mol. The molecule has 162 valence electrons. The number of benzene rings is 1. The summed E-state index contributed by atoms with van der Waals surface area (Å²) >= 11 is 7.22. The van der Waals surface area contributed by atoms with E-state index in [2.05, 4.69) is 15.6 Å². The smallest absolute Gasteiger partial charge is 0.252 e. The molecule has 2 N–H and O–H groups in total. The second-order valence-electron chi connectivity index (χ2n) is 6.04. The van der Waals surface area contributed by atoms with Gasteiger partial charge in [0, 0.05) is 43.1 Å². The van der Waals surface area contributed by atoms with E-state index < -0.39 is 10.0 Å². The van der Waals surface area contributed by atoms with Gasteiger partial charge in [-0.2, -0.15) is 4.31 Å². The van der Waals surface area contributed by atoms with Crippen LogP contribution in [0.25, 0.3) is 0 Å². The van der Waals surface area contributed by atoms with Crippen molar-refractivity contribution in [2.24, 2.45) is 4.99 Å². The normalized spacial score (nSPS) is 12.0. The number of sulfonamides is 1. The van der Waals surface area contributed by atoms with E-state index in [1.165, 1.54) is 15.6 Å². The summed E-state index contributed by atoms with van der Waals surface area (Å²) in [6, 6.07) is 11.2. The van der Waals surface area contributed by atoms with E-state index in [0.29, 0.717) is 41.4 Å². The van der Waals surface area contributed by atoms with Crippen molar-refractivity contribution in [3.05, 3.63) is 51.9 Å². The quantitative estimate of drug-likeness (QED) is 0.272. The molecule has 0 saturated heterocycles. The fraction of sp³-hybridized carbons (Fsp3) is 0.421. The maximum atomic E-state index is 12.6. The number of nitrogens with zero attached hydrogens (tertiary/aromatic N) is 2. The number of nitrogens with one attached hydrogen (secondary N) is 2. The maximum absolute atomic E-state index is 12.6. The largest absolute Gasteiger partial charge is 0.356 e. The SMILES string of the molecule is CCN(CC)S(=O)(=O)c1ccc(CCNC(=NC)NCc2ccc(Cl)cc2)s1.I. The van der Waals surface area contributed by atoms with E-state index in [-0.39, 0.29) is 24.0 Å². The van der Waals surface area contributed by atoms with E-state index in [1.54, 1.807) is 13.1 Å². The van der Waals surface area contributed by atoms with E-state index in [0.717, 1.165) is 16.9 Å². The average molecular weight is 571 g/mol. The summed E-state index contributed by atoms with van der Waals surface area (Å²) in [5, 5.41) is 7.21. The fourth-order valence-electron chi connectivity index (χ4n) is 2.63. The molecule has 29 heavy (non-hydrogen) atoms. The molecule has 1 aromatic carbocycles. The highest BCUT2D eigenvalue weighted by molar-refractivity contribution is 14.0. The van der Waals surface area contributed by atoms with E-state index in [4.69, 9.17) is 11.6 Å². The lowest BCUT2D eigenvalue weighted by Crippen LogP contribution is -2.37. The van der Waals surface area contributed by atoms with Gasteiger partial charge in [0.05, 0.1) is 0 Å². The van der Waals surface area contributed by atoms with Gasteiger partial charge in [-0.05, 0) is 36.2 Å². The molecule has 0 unspecified atom stereocenters. The summed E-state index contributed by atoms with van der Waals surface area (Å²) in [5.74, 6) is 0.697. The van der Waals surface area contributed by atoms with Crippen molar-refractivity contribution in [2.45, 2.75) is 31.0 Å². The van der Waals surface area contributed by atoms with Gasteiger partial charge in [0.2, 0.25) is 0 Å². The maximum Gasteiger partial charge on any atom is 0.252 e. The lowest BCUT2D eigenvalue weighted by Gasteiger charge is -2.16. The number of aliphatic imine (C=N–C) groups is 1. The topological polar surface area (TPSA) is 73.8 Å². The Hall–Kier alpha value is -0.880. The second-order valence-corrected chi connectivity index (χ2v) is 9.81. The Labute approximate surface area is 199 Å². The molecule has 0 radical (unpaired) electrons.